The second kappa shape index (κ2) is 10.1. The number of hydrogen-bond acceptors (Lipinski definition) is 4. The van der Waals surface area contributed by atoms with Crippen molar-refractivity contribution >= 4 is 17.1 Å². The maximum absolute atomic E-state index is 13.3. The molecule has 29 heavy (non-hydrogen) atoms. The van der Waals surface area contributed by atoms with E-state index < -0.39 is 5.60 Å². The van der Waals surface area contributed by atoms with Gasteiger partial charge in [-0.1, -0.05) is 37.6 Å². The van der Waals surface area contributed by atoms with Crippen molar-refractivity contribution in [1.29, 1.82) is 0 Å². The Morgan fingerprint density at radius 1 is 0.828 bits per heavy atom. The van der Waals surface area contributed by atoms with Gasteiger partial charge in [0.05, 0.1) is 19.8 Å². The van der Waals surface area contributed by atoms with Gasteiger partial charge in [0.1, 0.15) is 17.1 Å². The number of allylic oxidation sites excluding steroid dienone is 1. The van der Waals surface area contributed by atoms with Crippen LogP contribution in [0.15, 0.2) is 48.5 Å². The number of unbranched alkanes of at least 4 members (excludes halogenated alkanes) is 1. The van der Waals surface area contributed by atoms with E-state index in [2.05, 4.69) is 6.92 Å². The van der Waals surface area contributed by atoms with E-state index in [4.69, 9.17) is 14.2 Å². The molecule has 0 aliphatic heterocycles. The highest BCUT2D eigenvalue weighted by Crippen LogP contribution is 2.34. The molecule has 2 aromatic carbocycles. The molecule has 0 radical (unpaired) electrons. The summed E-state index contributed by atoms with van der Waals surface area (Å²) in [6, 6.07) is 15.4. The van der Waals surface area contributed by atoms with Gasteiger partial charge in [-0.3, -0.25) is 0 Å². The largest absolute Gasteiger partial charge is 0.497 e. The van der Waals surface area contributed by atoms with Gasteiger partial charge in [0, 0.05) is 0 Å². The van der Waals surface area contributed by atoms with E-state index in [1.54, 1.807) is 14.2 Å². The van der Waals surface area contributed by atoms with Gasteiger partial charge in [-0.15, -0.1) is 0 Å². The van der Waals surface area contributed by atoms with Crippen LogP contribution >= 0.6 is 0 Å². The molecule has 0 spiro atoms. The Balaban J connectivity index is 2.66. The predicted molar refractivity (Wildman–Crippen MR) is 118 cm³/mol. The zero-order valence-corrected chi connectivity index (χ0v) is 18.4. The minimum atomic E-state index is -0.579. The van der Waals surface area contributed by atoms with E-state index in [9.17, 15) is 4.79 Å². The van der Waals surface area contributed by atoms with Gasteiger partial charge >= 0.3 is 5.97 Å². The molecule has 0 atom stereocenters. The summed E-state index contributed by atoms with van der Waals surface area (Å²) in [6.45, 7) is 7.80. The molecule has 0 bridgehead atoms. The standard InChI is InChI=1S/C25H32O4/c1-7-8-9-22(18-10-14-20(27-5)15-11-18)23(24(26)29-25(2,3)4)19-12-16-21(28-6)17-13-19/h10-17H,7-9H2,1-6H3/b23-22-. The van der Waals surface area contributed by atoms with Gasteiger partial charge in [0.2, 0.25) is 0 Å². The number of ether oxygens (including phenoxy) is 3. The van der Waals surface area contributed by atoms with Crippen LogP contribution in [0.25, 0.3) is 11.1 Å². The van der Waals surface area contributed by atoms with Crippen molar-refractivity contribution in [2.24, 2.45) is 0 Å². The highest BCUT2D eigenvalue weighted by atomic mass is 16.6. The quantitative estimate of drug-likeness (QED) is 0.305. The van der Waals surface area contributed by atoms with Crippen molar-refractivity contribution in [2.45, 2.75) is 52.6 Å². The number of rotatable bonds is 8. The van der Waals surface area contributed by atoms with E-state index in [0.29, 0.717) is 5.57 Å². The third-order valence-electron chi connectivity index (χ3n) is 4.50. The third kappa shape index (κ3) is 6.38. The van der Waals surface area contributed by atoms with Gasteiger partial charge in [-0.2, -0.15) is 0 Å². The van der Waals surface area contributed by atoms with Crippen LogP contribution < -0.4 is 9.47 Å². The van der Waals surface area contributed by atoms with Gasteiger partial charge < -0.3 is 14.2 Å². The number of carbonyl (C=O) groups is 1. The lowest BCUT2D eigenvalue weighted by Gasteiger charge is -2.23. The van der Waals surface area contributed by atoms with Crippen molar-refractivity contribution in [3.05, 3.63) is 59.7 Å². The predicted octanol–water partition coefficient (Wildman–Crippen LogP) is 6.15. The van der Waals surface area contributed by atoms with Crippen LogP contribution in [0, 0.1) is 0 Å². The summed E-state index contributed by atoms with van der Waals surface area (Å²) in [5.74, 6) is 1.22. The smallest absolute Gasteiger partial charge is 0.339 e. The third-order valence-corrected chi connectivity index (χ3v) is 4.50. The molecular weight excluding hydrogens is 364 g/mol. The number of benzene rings is 2. The highest BCUT2D eigenvalue weighted by Gasteiger charge is 2.25. The second-order valence-corrected chi connectivity index (χ2v) is 7.92. The van der Waals surface area contributed by atoms with Gasteiger partial charge in [-0.05, 0) is 74.6 Å². The molecule has 4 nitrogen and oxygen atoms in total. The summed E-state index contributed by atoms with van der Waals surface area (Å²) in [6.07, 6.45) is 2.79. The number of carbonyl (C=O) groups excluding carboxylic acids is 1. The lowest BCUT2D eigenvalue weighted by molar-refractivity contribution is -0.147. The molecular formula is C25H32O4. The fraction of sp³-hybridized carbons (Fsp3) is 0.400. The van der Waals surface area contributed by atoms with Crippen molar-refractivity contribution in [3.63, 3.8) is 0 Å². The highest BCUT2D eigenvalue weighted by molar-refractivity contribution is 6.24. The molecule has 0 unspecified atom stereocenters. The van der Waals surface area contributed by atoms with Crippen molar-refractivity contribution in [2.75, 3.05) is 14.2 Å². The zero-order valence-electron chi connectivity index (χ0n) is 18.4. The van der Waals surface area contributed by atoms with Crippen LogP contribution in [0.2, 0.25) is 0 Å². The fourth-order valence-electron chi connectivity index (χ4n) is 3.06. The molecule has 0 N–H and O–H groups in total. The maximum atomic E-state index is 13.3. The van der Waals surface area contributed by atoms with Crippen LogP contribution in [0.3, 0.4) is 0 Å². The van der Waals surface area contributed by atoms with E-state index in [0.717, 1.165) is 47.5 Å². The summed E-state index contributed by atoms with van der Waals surface area (Å²) in [4.78, 5) is 13.3. The Labute approximate surface area is 174 Å². The van der Waals surface area contributed by atoms with Crippen LogP contribution in [0.5, 0.6) is 11.5 Å². The maximum Gasteiger partial charge on any atom is 0.339 e. The summed E-state index contributed by atoms with van der Waals surface area (Å²) in [5, 5.41) is 0. The first-order chi connectivity index (χ1) is 13.8. The van der Waals surface area contributed by atoms with Crippen LogP contribution in [-0.4, -0.2) is 25.8 Å². The molecule has 4 heteroatoms. The monoisotopic (exact) mass is 396 g/mol. The topological polar surface area (TPSA) is 44.8 Å². The molecule has 0 aliphatic rings. The summed E-state index contributed by atoms with van der Waals surface area (Å²) in [7, 11) is 3.27. The zero-order chi connectivity index (χ0) is 21.4. The molecule has 156 valence electrons. The van der Waals surface area contributed by atoms with Gasteiger partial charge in [0.25, 0.3) is 0 Å². The SMILES string of the molecule is CCCC/C(=C(/C(=O)OC(C)(C)C)c1ccc(OC)cc1)c1ccc(OC)cc1. The Hall–Kier alpha value is -2.75. The van der Waals surface area contributed by atoms with E-state index >= 15 is 0 Å². The van der Waals surface area contributed by atoms with E-state index in [1.807, 2.05) is 69.3 Å². The van der Waals surface area contributed by atoms with Gasteiger partial charge in [0.15, 0.2) is 0 Å². The van der Waals surface area contributed by atoms with E-state index in [1.165, 1.54) is 0 Å². The lowest BCUT2D eigenvalue weighted by atomic mass is 9.90. The summed E-state index contributed by atoms with van der Waals surface area (Å²) in [5.41, 5.74) is 2.82. The Morgan fingerprint density at radius 2 is 1.31 bits per heavy atom. The second-order valence-electron chi connectivity index (χ2n) is 7.92. The minimum absolute atomic E-state index is 0.315. The molecule has 0 aromatic heterocycles. The first kappa shape index (κ1) is 22.5. The molecule has 0 heterocycles. The summed E-state index contributed by atoms with van der Waals surface area (Å²) < 4.78 is 16.4. The Morgan fingerprint density at radius 3 is 1.72 bits per heavy atom. The number of methoxy groups -OCH3 is 2. The Bertz CT molecular complexity index is 825. The first-order valence-electron chi connectivity index (χ1n) is 10.0. The average molecular weight is 397 g/mol. The van der Waals surface area contributed by atoms with Crippen LogP contribution in [-0.2, 0) is 9.53 Å². The van der Waals surface area contributed by atoms with Crippen LogP contribution in [0.1, 0.15) is 58.1 Å². The molecule has 0 saturated heterocycles. The van der Waals surface area contributed by atoms with Crippen LogP contribution in [0.4, 0.5) is 0 Å². The van der Waals surface area contributed by atoms with Gasteiger partial charge in [-0.25, -0.2) is 4.79 Å². The average Bonchev–Trinajstić information content (AvgIpc) is 2.70. The van der Waals surface area contributed by atoms with E-state index in [-0.39, 0.29) is 5.97 Å². The number of hydrogen-bond donors (Lipinski definition) is 0. The normalized spacial score (nSPS) is 12.2. The molecule has 0 saturated carbocycles. The first-order valence-corrected chi connectivity index (χ1v) is 10.0. The van der Waals surface area contributed by atoms with Crippen molar-refractivity contribution < 1.29 is 19.0 Å². The fourth-order valence-corrected chi connectivity index (χ4v) is 3.06. The molecule has 2 rings (SSSR count). The molecule has 0 amide bonds. The van der Waals surface area contributed by atoms with Crippen molar-refractivity contribution in [1.82, 2.24) is 0 Å². The molecule has 2 aromatic rings. The number of esters is 1. The minimum Gasteiger partial charge on any atom is -0.497 e. The molecule has 0 fully saturated rings. The van der Waals surface area contributed by atoms with Crippen molar-refractivity contribution in [3.8, 4) is 11.5 Å². The lowest BCUT2D eigenvalue weighted by Crippen LogP contribution is -2.25. The molecule has 0 aliphatic carbocycles. The Kier molecular flexibility index (Phi) is 7.89. The summed E-state index contributed by atoms with van der Waals surface area (Å²) >= 11 is 0.